The zero-order chi connectivity index (χ0) is 18.4. The van der Waals surface area contributed by atoms with Crippen molar-refractivity contribution in [2.45, 2.75) is 18.6 Å². The summed E-state index contributed by atoms with van der Waals surface area (Å²) < 4.78 is 40.3. The van der Waals surface area contributed by atoms with Gasteiger partial charge in [0.1, 0.15) is 23.4 Å². The van der Waals surface area contributed by atoms with Gasteiger partial charge in [-0.2, -0.15) is 8.42 Å². The fraction of sp³-hybridized carbons (Fsp3) is 0.200. The van der Waals surface area contributed by atoms with Gasteiger partial charge >= 0.3 is 10.4 Å². The third kappa shape index (κ3) is 3.55. The molecule has 1 aliphatic heterocycles. The van der Waals surface area contributed by atoms with Crippen molar-refractivity contribution in [2.75, 3.05) is 0 Å². The predicted molar refractivity (Wildman–Crippen MR) is 83.1 cm³/mol. The highest BCUT2D eigenvalue weighted by molar-refractivity contribution is 7.81. The van der Waals surface area contributed by atoms with Gasteiger partial charge in [0.25, 0.3) is 0 Å². The lowest BCUT2D eigenvalue weighted by Gasteiger charge is -2.31. The maximum atomic E-state index is 10.8. The number of aliphatic hydroxyl groups is 1. The quantitative estimate of drug-likeness (QED) is 0.498. The third-order valence-electron chi connectivity index (χ3n) is 3.69. The van der Waals surface area contributed by atoms with Gasteiger partial charge in [-0.15, -0.1) is 0 Å². The highest BCUT2D eigenvalue weighted by Crippen LogP contribution is 2.42. The fourth-order valence-corrected chi connectivity index (χ4v) is 3.00. The molecule has 3 rings (SSSR count). The van der Waals surface area contributed by atoms with Crippen molar-refractivity contribution < 1.29 is 42.3 Å². The Labute approximate surface area is 142 Å². The number of hydrogen-bond donors (Lipinski definition) is 5. The number of fused-ring (bicyclic) bond motifs is 1. The minimum Gasteiger partial charge on any atom is -0.508 e. The van der Waals surface area contributed by atoms with E-state index in [1.807, 2.05) is 0 Å². The zero-order valence-corrected chi connectivity index (χ0v) is 13.3. The van der Waals surface area contributed by atoms with Crippen LogP contribution >= 0.6 is 0 Å². The summed E-state index contributed by atoms with van der Waals surface area (Å²) in [5.74, 6) is -1.39. The van der Waals surface area contributed by atoms with Crippen molar-refractivity contribution in [3.05, 3.63) is 41.5 Å². The number of aromatic hydroxyl groups is 3. The van der Waals surface area contributed by atoms with Gasteiger partial charge in [0.05, 0.1) is 6.10 Å². The SMILES string of the molecule is O=S(=O)(O)Oc1cc([C@H]2Oc3cc(O)cc(O)c3C[C@@H]2O)ccc1O. The van der Waals surface area contributed by atoms with E-state index >= 15 is 0 Å². The first kappa shape index (κ1) is 17.1. The molecule has 0 amide bonds. The molecule has 0 unspecified atom stereocenters. The molecule has 25 heavy (non-hydrogen) atoms. The molecular weight excluding hydrogens is 356 g/mol. The lowest BCUT2D eigenvalue weighted by Crippen LogP contribution is -2.30. The lowest BCUT2D eigenvalue weighted by atomic mass is 9.94. The van der Waals surface area contributed by atoms with Crippen molar-refractivity contribution in [2.24, 2.45) is 0 Å². The number of aliphatic hydroxyl groups excluding tert-OH is 1. The summed E-state index contributed by atoms with van der Waals surface area (Å²) in [6.07, 6.45) is -2.08. The summed E-state index contributed by atoms with van der Waals surface area (Å²) in [6.45, 7) is 0. The summed E-state index contributed by atoms with van der Waals surface area (Å²) in [4.78, 5) is 0. The van der Waals surface area contributed by atoms with Crippen molar-refractivity contribution in [3.8, 4) is 28.7 Å². The van der Waals surface area contributed by atoms with Gasteiger partial charge in [0.15, 0.2) is 11.5 Å². The molecule has 2 aromatic rings. The van der Waals surface area contributed by atoms with Gasteiger partial charge < -0.3 is 29.3 Å². The van der Waals surface area contributed by atoms with Crippen LogP contribution in [0.25, 0.3) is 0 Å². The molecule has 10 heteroatoms. The van der Waals surface area contributed by atoms with Crippen LogP contribution in [-0.4, -0.2) is 39.5 Å². The second-order valence-corrected chi connectivity index (χ2v) is 6.51. The van der Waals surface area contributed by atoms with E-state index in [1.54, 1.807) is 0 Å². The van der Waals surface area contributed by atoms with Crippen LogP contribution in [0.4, 0.5) is 0 Å². The second-order valence-electron chi connectivity index (χ2n) is 5.49. The molecule has 0 aliphatic carbocycles. The van der Waals surface area contributed by atoms with E-state index in [-0.39, 0.29) is 29.2 Å². The summed E-state index contributed by atoms with van der Waals surface area (Å²) in [5, 5.41) is 39.3. The average molecular weight is 370 g/mol. The zero-order valence-electron chi connectivity index (χ0n) is 12.5. The Bertz CT molecular complexity index is 923. The standard InChI is InChI=1S/C15H14O9S/c16-8-4-11(18)9-6-12(19)15(23-13(9)5-8)7-1-2-10(17)14(3-7)24-25(20,21)22/h1-5,12,15-19H,6H2,(H,20,21,22)/t12-,15+/m0/s1. The summed E-state index contributed by atoms with van der Waals surface area (Å²) in [6, 6.07) is 5.96. The molecule has 134 valence electrons. The van der Waals surface area contributed by atoms with Crippen molar-refractivity contribution in [1.82, 2.24) is 0 Å². The van der Waals surface area contributed by atoms with Crippen LogP contribution in [0.3, 0.4) is 0 Å². The molecule has 0 saturated heterocycles. The maximum Gasteiger partial charge on any atom is 0.446 e. The molecule has 0 saturated carbocycles. The van der Waals surface area contributed by atoms with Gasteiger partial charge in [0.2, 0.25) is 0 Å². The van der Waals surface area contributed by atoms with Crippen molar-refractivity contribution in [1.29, 1.82) is 0 Å². The third-order valence-corrected chi connectivity index (χ3v) is 4.08. The minimum absolute atomic E-state index is 0.0154. The van der Waals surface area contributed by atoms with E-state index < -0.39 is 34.1 Å². The monoisotopic (exact) mass is 370 g/mol. The van der Waals surface area contributed by atoms with E-state index in [9.17, 15) is 28.8 Å². The second kappa shape index (κ2) is 5.99. The Morgan fingerprint density at radius 3 is 2.48 bits per heavy atom. The summed E-state index contributed by atoms with van der Waals surface area (Å²) >= 11 is 0. The molecule has 5 N–H and O–H groups in total. The molecule has 0 aromatic heterocycles. The first-order valence-corrected chi connectivity index (χ1v) is 8.40. The highest BCUT2D eigenvalue weighted by Gasteiger charge is 2.32. The molecule has 1 heterocycles. The van der Waals surface area contributed by atoms with Crippen LogP contribution < -0.4 is 8.92 Å². The first-order valence-electron chi connectivity index (χ1n) is 7.03. The van der Waals surface area contributed by atoms with E-state index in [1.165, 1.54) is 12.1 Å². The van der Waals surface area contributed by atoms with Gasteiger partial charge in [-0.1, -0.05) is 6.07 Å². The van der Waals surface area contributed by atoms with E-state index in [4.69, 9.17) is 9.29 Å². The maximum absolute atomic E-state index is 10.8. The molecule has 1 aliphatic rings. The molecule has 0 fully saturated rings. The van der Waals surface area contributed by atoms with Crippen LogP contribution in [0.1, 0.15) is 17.2 Å². The Hall–Kier alpha value is -2.69. The number of hydrogen-bond acceptors (Lipinski definition) is 8. The summed E-state index contributed by atoms with van der Waals surface area (Å²) in [5.41, 5.74) is 0.562. The molecule has 0 bridgehead atoms. The molecular formula is C15H14O9S. The number of benzene rings is 2. The Morgan fingerprint density at radius 2 is 1.80 bits per heavy atom. The van der Waals surface area contributed by atoms with Gasteiger partial charge in [-0.05, 0) is 17.7 Å². The van der Waals surface area contributed by atoms with Gasteiger partial charge in [0, 0.05) is 24.1 Å². The number of phenols is 3. The fourth-order valence-electron chi connectivity index (χ4n) is 2.64. The minimum atomic E-state index is -4.85. The van der Waals surface area contributed by atoms with Crippen LogP contribution in [-0.2, 0) is 16.8 Å². The number of ether oxygens (including phenoxy) is 1. The topological polar surface area (TPSA) is 154 Å². The normalized spacial score (nSPS) is 19.8. The predicted octanol–water partition coefficient (Wildman–Crippen LogP) is 1.02. The lowest BCUT2D eigenvalue weighted by molar-refractivity contribution is 0.0197. The van der Waals surface area contributed by atoms with Crippen LogP contribution in [0.15, 0.2) is 30.3 Å². The smallest absolute Gasteiger partial charge is 0.446 e. The van der Waals surface area contributed by atoms with Gasteiger partial charge in [-0.25, -0.2) is 0 Å². The Morgan fingerprint density at radius 1 is 1.08 bits per heavy atom. The number of rotatable bonds is 3. The van der Waals surface area contributed by atoms with Crippen LogP contribution in [0.5, 0.6) is 28.7 Å². The molecule has 0 radical (unpaired) electrons. The molecule has 0 spiro atoms. The van der Waals surface area contributed by atoms with E-state index in [0.29, 0.717) is 5.56 Å². The Kier molecular flexibility index (Phi) is 4.11. The molecule has 2 atom stereocenters. The van der Waals surface area contributed by atoms with E-state index in [2.05, 4.69) is 4.18 Å². The summed E-state index contributed by atoms with van der Waals surface area (Å²) in [7, 11) is -4.85. The van der Waals surface area contributed by atoms with Crippen molar-refractivity contribution >= 4 is 10.4 Å². The average Bonchev–Trinajstić information content (AvgIpc) is 2.48. The largest absolute Gasteiger partial charge is 0.508 e. The highest BCUT2D eigenvalue weighted by atomic mass is 32.3. The van der Waals surface area contributed by atoms with Gasteiger partial charge in [-0.3, -0.25) is 4.55 Å². The van der Waals surface area contributed by atoms with Crippen LogP contribution in [0, 0.1) is 0 Å². The Balaban J connectivity index is 1.98. The van der Waals surface area contributed by atoms with Crippen LogP contribution in [0.2, 0.25) is 0 Å². The van der Waals surface area contributed by atoms with E-state index in [0.717, 1.165) is 18.2 Å². The molecule has 9 nitrogen and oxygen atoms in total. The number of phenolic OH excluding ortho intramolecular Hbond substituents is 3. The first-order chi connectivity index (χ1) is 11.6. The molecule has 2 aromatic carbocycles. The van der Waals surface area contributed by atoms with Crippen molar-refractivity contribution in [3.63, 3.8) is 0 Å².